The molecule has 0 fully saturated rings. The predicted molar refractivity (Wildman–Crippen MR) is 72.0 cm³/mol. The molecule has 0 radical (unpaired) electrons. The van der Waals surface area contributed by atoms with Crippen molar-refractivity contribution in [2.24, 2.45) is 0 Å². The third-order valence-corrected chi connectivity index (χ3v) is 2.34. The number of aliphatic hydroxyl groups is 1. The molecule has 0 saturated carbocycles. The lowest BCUT2D eigenvalue weighted by molar-refractivity contribution is 0.102. The van der Waals surface area contributed by atoms with Crippen LogP contribution in [-0.4, -0.2) is 27.8 Å². The first-order chi connectivity index (χ1) is 9.69. The van der Waals surface area contributed by atoms with Crippen LogP contribution < -0.4 is 5.32 Å². The highest BCUT2D eigenvalue weighted by molar-refractivity contribution is 6.03. The van der Waals surface area contributed by atoms with Gasteiger partial charge in [-0.05, 0) is 18.2 Å². The molecule has 1 aromatic heterocycles. The van der Waals surface area contributed by atoms with Crippen molar-refractivity contribution in [1.29, 1.82) is 0 Å². The van der Waals surface area contributed by atoms with Crippen LogP contribution in [-0.2, 0) is 0 Å². The lowest BCUT2D eigenvalue weighted by atomic mass is 10.1. The smallest absolute Gasteiger partial charge is 0.322 e. The van der Waals surface area contributed by atoms with Gasteiger partial charge < -0.3 is 9.52 Å². The largest absolute Gasteiger partial charge is 0.408 e. The van der Waals surface area contributed by atoms with E-state index in [2.05, 4.69) is 27.4 Å². The Morgan fingerprint density at radius 1 is 1.45 bits per heavy atom. The van der Waals surface area contributed by atoms with Crippen LogP contribution in [0, 0.1) is 18.8 Å². The van der Waals surface area contributed by atoms with Gasteiger partial charge >= 0.3 is 6.01 Å². The average molecular weight is 271 g/mol. The third-order valence-electron chi connectivity index (χ3n) is 2.34. The number of aryl methyl sites for hydroxylation is 1. The number of nitrogens with zero attached hydrogens (tertiary/aromatic N) is 2. The molecule has 0 saturated heterocycles. The fourth-order valence-corrected chi connectivity index (χ4v) is 1.48. The molecule has 2 N–H and O–H groups in total. The molecular formula is C14H13N3O3. The van der Waals surface area contributed by atoms with Crippen LogP contribution in [0.15, 0.2) is 28.7 Å². The van der Waals surface area contributed by atoms with Gasteiger partial charge in [0.15, 0.2) is 0 Å². The highest BCUT2D eigenvalue weighted by Crippen LogP contribution is 2.09. The van der Waals surface area contributed by atoms with Gasteiger partial charge in [-0.25, -0.2) is 0 Å². The molecule has 0 bridgehead atoms. The second-order valence-electron chi connectivity index (χ2n) is 3.94. The number of carbonyl (C=O) groups is 1. The van der Waals surface area contributed by atoms with Gasteiger partial charge in [0.05, 0.1) is 6.61 Å². The molecule has 1 aromatic carbocycles. The van der Waals surface area contributed by atoms with Crippen LogP contribution in [0.2, 0.25) is 0 Å². The van der Waals surface area contributed by atoms with Gasteiger partial charge in [0.2, 0.25) is 5.89 Å². The molecule has 0 aliphatic heterocycles. The standard InChI is InChI=1S/C14H13N3O3/c1-10-16-17-14(20-10)15-13(19)12-7-4-6-11(9-12)5-2-3-8-18/h4,6-7,9,18H,3,8H2,1H3,(H,15,17,19). The molecule has 0 aliphatic carbocycles. The van der Waals surface area contributed by atoms with E-state index in [1.54, 1.807) is 31.2 Å². The van der Waals surface area contributed by atoms with E-state index < -0.39 is 0 Å². The summed E-state index contributed by atoms with van der Waals surface area (Å²) >= 11 is 0. The van der Waals surface area contributed by atoms with Crippen LogP contribution in [0.25, 0.3) is 0 Å². The highest BCUT2D eigenvalue weighted by Gasteiger charge is 2.10. The van der Waals surface area contributed by atoms with Crippen molar-refractivity contribution < 1.29 is 14.3 Å². The minimum absolute atomic E-state index is 0.0176. The summed E-state index contributed by atoms with van der Waals surface area (Å²) in [6.07, 6.45) is 0.400. The molecule has 6 nitrogen and oxygen atoms in total. The van der Waals surface area contributed by atoms with E-state index in [-0.39, 0.29) is 18.5 Å². The number of anilines is 1. The molecule has 2 aromatic rings. The SMILES string of the molecule is Cc1nnc(NC(=O)c2cccc(C#CCCO)c2)o1. The minimum Gasteiger partial charge on any atom is -0.408 e. The number of rotatable bonds is 3. The van der Waals surface area contributed by atoms with E-state index in [1.807, 2.05) is 0 Å². The molecule has 0 atom stereocenters. The van der Waals surface area contributed by atoms with Crippen LogP contribution in [0.3, 0.4) is 0 Å². The van der Waals surface area contributed by atoms with Gasteiger partial charge in [-0.1, -0.05) is 23.0 Å². The Labute approximate surface area is 115 Å². The van der Waals surface area contributed by atoms with Crippen LogP contribution in [0.4, 0.5) is 6.01 Å². The number of hydrogen-bond acceptors (Lipinski definition) is 5. The van der Waals surface area contributed by atoms with Crippen molar-refractivity contribution in [3.63, 3.8) is 0 Å². The molecule has 2 rings (SSSR count). The zero-order valence-corrected chi connectivity index (χ0v) is 10.9. The van der Waals surface area contributed by atoms with E-state index in [0.717, 1.165) is 0 Å². The Morgan fingerprint density at radius 3 is 3.00 bits per heavy atom. The number of carbonyl (C=O) groups excluding carboxylic acids is 1. The molecule has 0 unspecified atom stereocenters. The minimum atomic E-state index is -0.348. The van der Waals surface area contributed by atoms with Gasteiger partial charge in [0.25, 0.3) is 5.91 Å². The predicted octanol–water partition coefficient (Wildman–Crippen LogP) is 1.36. The second kappa shape index (κ2) is 6.50. The summed E-state index contributed by atoms with van der Waals surface area (Å²) < 4.78 is 5.08. The summed E-state index contributed by atoms with van der Waals surface area (Å²) in [6, 6.07) is 6.90. The summed E-state index contributed by atoms with van der Waals surface area (Å²) in [4.78, 5) is 12.0. The van der Waals surface area contributed by atoms with Crippen LogP contribution in [0.5, 0.6) is 0 Å². The molecule has 1 heterocycles. The molecule has 102 valence electrons. The van der Waals surface area contributed by atoms with Gasteiger partial charge in [-0.15, -0.1) is 5.10 Å². The Bertz CT molecular complexity index is 668. The van der Waals surface area contributed by atoms with Crippen molar-refractivity contribution >= 4 is 11.9 Å². The van der Waals surface area contributed by atoms with Crippen molar-refractivity contribution in [3.05, 3.63) is 41.3 Å². The quantitative estimate of drug-likeness (QED) is 0.823. The molecule has 1 amide bonds. The van der Waals surface area contributed by atoms with Crippen molar-refractivity contribution in [2.75, 3.05) is 11.9 Å². The maximum atomic E-state index is 12.0. The number of benzene rings is 1. The number of amides is 1. The van der Waals surface area contributed by atoms with Gasteiger partial charge in [-0.3, -0.25) is 10.1 Å². The molecule has 0 aliphatic rings. The Kier molecular flexibility index (Phi) is 4.47. The van der Waals surface area contributed by atoms with Gasteiger partial charge in [0, 0.05) is 24.5 Å². The topological polar surface area (TPSA) is 88.2 Å². The van der Waals surface area contributed by atoms with Crippen molar-refractivity contribution in [1.82, 2.24) is 10.2 Å². The monoisotopic (exact) mass is 271 g/mol. The Hall–Kier alpha value is -2.65. The lowest BCUT2D eigenvalue weighted by Crippen LogP contribution is -2.12. The highest BCUT2D eigenvalue weighted by atomic mass is 16.4. The first kappa shape index (κ1) is 13.8. The first-order valence-electron chi connectivity index (χ1n) is 6.00. The average Bonchev–Trinajstić information content (AvgIpc) is 2.85. The van der Waals surface area contributed by atoms with Crippen LogP contribution >= 0.6 is 0 Å². The molecular weight excluding hydrogens is 258 g/mol. The van der Waals surface area contributed by atoms with Gasteiger partial charge in [0.1, 0.15) is 0 Å². The maximum absolute atomic E-state index is 12.0. The Balaban J connectivity index is 2.10. The summed E-state index contributed by atoms with van der Waals surface area (Å²) in [5, 5.41) is 18.5. The lowest BCUT2D eigenvalue weighted by Gasteiger charge is -2.00. The van der Waals surface area contributed by atoms with E-state index in [1.165, 1.54) is 0 Å². The van der Waals surface area contributed by atoms with E-state index >= 15 is 0 Å². The van der Waals surface area contributed by atoms with Crippen molar-refractivity contribution in [2.45, 2.75) is 13.3 Å². The van der Waals surface area contributed by atoms with Crippen molar-refractivity contribution in [3.8, 4) is 11.8 Å². The third kappa shape index (κ3) is 3.67. The maximum Gasteiger partial charge on any atom is 0.322 e. The molecule has 0 spiro atoms. The number of aromatic nitrogens is 2. The van der Waals surface area contributed by atoms with E-state index in [9.17, 15) is 4.79 Å². The first-order valence-corrected chi connectivity index (χ1v) is 6.00. The molecule has 20 heavy (non-hydrogen) atoms. The summed E-state index contributed by atoms with van der Waals surface area (Å²) in [5.74, 6) is 5.70. The van der Waals surface area contributed by atoms with Gasteiger partial charge in [-0.2, -0.15) is 0 Å². The number of hydrogen-bond donors (Lipinski definition) is 2. The number of nitrogens with one attached hydrogen (secondary N) is 1. The summed E-state index contributed by atoms with van der Waals surface area (Å²) in [5.41, 5.74) is 1.14. The van der Waals surface area contributed by atoms with E-state index in [0.29, 0.717) is 23.4 Å². The van der Waals surface area contributed by atoms with E-state index in [4.69, 9.17) is 9.52 Å². The zero-order chi connectivity index (χ0) is 14.4. The Morgan fingerprint density at radius 2 is 2.30 bits per heavy atom. The second-order valence-corrected chi connectivity index (χ2v) is 3.94. The fraction of sp³-hybridized carbons (Fsp3) is 0.214. The fourth-order valence-electron chi connectivity index (χ4n) is 1.48. The van der Waals surface area contributed by atoms with Crippen LogP contribution in [0.1, 0.15) is 28.2 Å². The normalized spacial score (nSPS) is 9.70. The zero-order valence-electron chi connectivity index (χ0n) is 10.9. The number of aliphatic hydroxyl groups excluding tert-OH is 1. The molecule has 6 heteroatoms. The summed E-state index contributed by atoms with van der Waals surface area (Å²) in [6.45, 7) is 1.66. The summed E-state index contributed by atoms with van der Waals surface area (Å²) in [7, 11) is 0.